The normalized spacial score (nSPS) is 10.6. The van der Waals surface area contributed by atoms with Gasteiger partial charge in [-0.05, 0) is 71.8 Å². The Kier molecular flexibility index (Phi) is 6.82. The molecule has 0 aliphatic heterocycles. The minimum Gasteiger partial charge on any atom is -0.455 e. The fraction of sp³-hybridized carbons (Fsp3) is 0.0370. The Morgan fingerprint density at radius 2 is 1.51 bits per heavy atom. The molecule has 8 heteroatoms. The van der Waals surface area contributed by atoms with Crippen molar-refractivity contribution in [2.24, 2.45) is 0 Å². The van der Waals surface area contributed by atoms with Gasteiger partial charge in [-0.2, -0.15) is 0 Å². The van der Waals surface area contributed by atoms with Gasteiger partial charge in [-0.25, -0.2) is 15.0 Å². The van der Waals surface area contributed by atoms with Crippen LogP contribution in [0.1, 0.15) is 16.3 Å². The number of thioether (sulfide) groups is 1. The Morgan fingerprint density at radius 1 is 0.771 bits per heavy atom. The van der Waals surface area contributed by atoms with Crippen LogP contribution in [-0.2, 0) is 5.75 Å². The molecule has 0 saturated heterocycles. The average Bonchev–Trinajstić information content (AvgIpc) is 3.39. The Bertz CT molecular complexity index is 1420. The minimum atomic E-state index is -0.357. The van der Waals surface area contributed by atoms with Crippen LogP contribution in [0.2, 0.25) is 0 Å². The standard InChI is InChI=1S/C27H21N5O2S/c33-27(23-10-9-22(34-23)18-35-26-8-4-5-13-30-26)32-25-17-20(12-15-29-25)19-11-14-28-24(16-19)31-21-6-2-1-3-7-21/h1-17H,18H2,(H,28,31)(H,29,32,33). The molecule has 0 atom stereocenters. The number of hydrogen-bond acceptors (Lipinski definition) is 7. The maximum Gasteiger partial charge on any atom is 0.292 e. The molecule has 0 saturated carbocycles. The number of nitrogens with zero attached hydrogens (tertiary/aromatic N) is 3. The van der Waals surface area contributed by atoms with Gasteiger partial charge in [0.2, 0.25) is 0 Å². The molecule has 4 aromatic heterocycles. The molecule has 1 amide bonds. The lowest BCUT2D eigenvalue weighted by atomic mass is 10.1. The third-order valence-electron chi connectivity index (χ3n) is 5.03. The second kappa shape index (κ2) is 10.7. The van der Waals surface area contributed by atoms with Crippen molar-refractivity contribution in [3.63, 3.8) is 0 Å². The van der Waals surface area contributed by atoms with Gasteiger partial charge in [-0.1, -0.05) is 36.0 Å². The predicted molar refractivity (Wildman–Crippen MR) is 138 cm³/mol. The highest BCUT2D eigenvalue weighted by Crippen LogP contribution is 2.25. The minimum absolute atomic E-state index is 0.229. The van der Waals surface area contributed by atoms with E-state index in [1.807, 2.05) is 72.8 Å². The Morgan fingerprint density at radius 3 is 2.29 bits per heavy atom. The highest BCUT2D eigenvalue weighted by molar-refractivity contribution is 7.98. The molecule has 0 unspecified atom stereocenters. The number of nitrogens with one attached hydrogen (secondary N) is 2. The first-order chi connectivity index (χ1) is 17.2. The van der Waals surface area contributed by atoms with Crippen molar-refractivity contribution in [2.45, 2.75) is 10.8 Å². The van der Waals surface area contributed by atoms with Crippen molar-refractivity contribution >= 4 is 35.0 Å². The molecule has 4 heterocycles. The number of hydrogen-bond donors (Lipinski definition) is 2. The average molecular weight is 480 g/mol. The van der Waals surface area contributed by atoms with Gasteiger partial charge in [-0.3, -0.25) is 4.79 Å². The van der Waals surface area contributed by atoms with E-state index in [-0.39, 0.29) is 11.7 Å². The molecule has 1 aromatic carbocycles. The van der Waals surface area contributed by atoms with Gasteiger partial charge in [0, 0.05) is 24.3 Å². The molecule has 172 valence electrons. The van der Waals surface area contributed by atoms with Crippen molar-refractivity contribution in [1.29, 1.82) is 0 Å². The molecule has 2 N–H and O–H groups in total. The molecular weight excluding hydrogens is 458 g/mol. The number of benzene rings is 1. The molecule has 5 rings (SSSR count). The maximum atomic E-state index is 12.7. The number of anilines is 3. The molecular formula is C27H21N5O2S. The molecule has 0 radical (unpaired) electrons. The van der Waals surface area contributed by atoms with Crippen LogP contribution in [0.5, 0.6) is 0 Å². The van der Waals surface area contributed by atoms with E-state index in [1.165, 1.54) is 0 Å². The fourth-order valence-electron chi connectivity index (χ4n) is 3.36. The van der Waals surface area contributed by atoms with Crippen molar-refractivity contribution in [3.8, 4) is 11.1 Å². The monoisotopic (exact) mass is 479 g/mol. The highest BCUT2D eigenvalue weighted by Gasteiger charge is 2.13. The zero-order valence-electron chi connectivity index (χ0n) is 18.6. The number of para-hydroxylation sites is 1. The lowest BCUT2D eigenvalue weighted by Gasteiger charge is -2.09. The zero-order valence-corrected chi connectivity index (χ0v) is 19.4. The Labute approximate surface area is 206 Å². The summed E-state index contributed by atoms with van der Waals surface area (Å²) in [5, 5.41) is 7.00. The quantitative estimate of drug-likeness (QED) is 0.248. The first-order valence-electron chi connectivity index (χ1n) is 10.9. The van der Waals surface area contributed by atoms with Crippen LogP contribution in [-0.4, -0.2) is 20.9 Å². The fourth-order valence-corrected chi connectivity index (χ4v) is 4.11. The van der Waals surface area contributed by atoms with E-state index < -0.39 is 0 Å². The Balaban J connectivity index is 1.25. The van der Waals surface area contributed by atoms with E-state index in [0.717, 1.165) is 27.7 Å². The first kappa shape index (κ1) is 22.4. The van der Waals surface area contributed by atoms with Gasteiger partial charge < -0.3 is 15.1 Å². The van der Waals surface area contributed by atoms with Crippen LogP contribution in [0.4, 0.5) is 17.3 Å². The maximum absolute atomic E-state index is 12.7. The second-order valence-electron chi connectivity index (χ2n) is 7.53. The van der Waals surface area contributed by atoms with Gasteiger partial charge in [0.15, 0.2) is 5.76 Å². The summed E-state index contributed by atoms with van der Waals surface area (Å²) < 4.78 is 5.72. The summed E-state index contributed by atoms with van der Waals surface area (Å²) in [6, 6.07) is 26.6. The van der Waals surface area contributed by atoms with Crippen LogP contribution in [0.25, 0.3) is 11.1 Å². The van der Waals surface area contributed by atoms with Crippen molar-refractivity contribution in [2.75, 3.05) is 10.6 Å². The lowest BCUT2D eigenvalue weighted by molar-refractivity contribution is 0.0995. The number of furan rings is 1. The van der Waals surface area contributed by atoms with E-state index in [9.17, 15) is 4.79 Å². The van der Waals surface area contributed by atoms with Gasteiger partial charge in [0.1, 0.15) is 17.4 Å². The smallest absolute Gasteiger partial charge is 0.292 e. The molecule has 0 fully saturated rings. The van der Waals surface area contributed by atoms with Crippen LogP contribution in [0.3, 0.4) is 0 Å². The van der Waals surface area contributed by atoms with E-state index in [2.05, 4.69) is 25.6 Å². The summed E-state index contributed by atoms with van der Waals surface area (Å²) in [6.07, 6.45) is 5.15. The first-order valence-corrected chi connectivity index (χ1v) is 11.9. The van der Waals surface area contributed by atoms with E-state index >= 15 is 0 Å². The summed E-state index contributed by atoms with van der Waals surface area (Å²) in [5.41, 5.74) is 2.81. The number of aromatic nitrogens is 3. The number of amides is 1. The van der Waals surface area contributed by atoms with E-state index in [4.69, 9.17) is 4.42 Å². The molecule has 35 heavy (non-hydrogen) atoms. The third kappa shape index (κ3) is 5.93. The molecule has 0 bridgehead atoms. The Hall–Kier alpha value is -4.43. The van der Waals surface area contributed by atoms with Crippen molar-refractivity contribution in [1.82, 2.24) is 15.0 Å². The number of carbonyl (C=O) groups is 1. The topological polar surface area (TPSA) is 92.9 Å². The van der Waals surface area contributed by atoms with Crippen LogP contribution in [0, 0.1) is 0 Å². The molecule has 5 aromatic rings. The summed E-state index contributed by atoms with van der Waals surface area (Å²) in [7, 11) is 0. The van der Waals surface area contributed by atoms with Gasteiger partial charge >= 0.3 is 0 Å². The highest BCUT2D eigenvalue weighted by atomic mass is 32.2. The second-order valence-corrected chi connectivity index (χ2v) is 8.52. The zero-order chi connectivity index (χ0) is 23.9. The van der Waals surface area contributed by atoms with Crippen LogP contribution >= 0.6 is 11.8 Å². The largest absolute Gasteiger partial charge is 0.455 e. The summed E-state index contributed by atoms with van der Waals surface area (Å²) >= 11 is 1.54. The van der Waals surface area contributed by atoms with Crippen molar-refractivity contribution < 1.29 is 9.21 Å². The third-order valence-corrected chi connectivity index (χ3v) is 5.99. The van der Waals surface area contributed by atoms with Gasteiger partial charge in [0.25, 0.3) is 5.91 Å². The summed E-state index contributed by atoms with van der Waals surface area (Å²) in [5.74, 6) is 2.31. The van der Waals surface area contributed by atoms with Gasteiger partial charge in [-0.15, -0.1) is 0 Å². The molecule has 0 aliphatic rings. The number of pyridine rings is 3. The molecule has 7 nitrogen and oxygen atoms in total. The van der Waals surface area contributed by atoms with Crippen LogP contribution in [0.15, 0.2) is 113 Å². The summed E-state index contributed by atoms with van der Waals surface area (Å²) in [6.45, 7) is 0. The number of carbonyl (C=O) groups excluding carboxylic acids is 1. The van der Waals surface area contributed by atoms with Crippen molar-refractivity contribution in [3.05, 3.63) is 115 Å². The van der Waals surface area contributed by atoms with E-state index in [0.29, 0.717) is 17.3 Å². The SMILES string of the molecule is O=C(Nc1cc(-c2ccnc(Nc3ccccc3)c2)ccn1)c1ccc(CSc2ccccn2)o1. The van der Waals surface area contributed by atoms with E-state index in [1.54, 1.807) is 42.5 Å². The molecule has 0 aliphatic carbocycles. The lowest BCUT2D eigenvalue weighted by Crippen LogP contribution is -2.12. The van der Waals surface area contributed by atoms with Gasteiger partial charge in [0.05, 0.1) is 10.8 Å². The predicted octanol–water partition coefficient (Wildman–Crippen LogP) is 6.42. The summed E-state index contributed by atoms with van der Waals surface area (Å²) in [4.78, 5) is 25.7. The molecule has 0 spiro atoms. The number of rotatable bonds is 8. The van der Waals surface area contributed by atoms with Crippen LogP contribution < -0.4 is 10.6 Å².